The summed E-state index contributed by atoms with van der Waals surface area (Å²) in [4.78, 5) is 0. The fraction of sp³-hybridized carbons (Fsp3) is 0.0769. The minimum atomic E-state index is -2.66. The Bertz CT molecular complexity index is 509. The molecule has 0 spiro atoms. The first-order valence-electron chi connectivity index (χ1n) is 5.17. The second-order valence-electron chi connectivity index (χ2n) is 3.96. The summed E-state index contributed by atoms with van der Waals surface area (Å²) < 4.78 is 12.7. The Kier molecular flexibility index (Phi) is 2.95. The number of phenols is 2. The highest BCUT2D eigenvalue weighted by molar-refractivity contribution is 7.78. The van der Waals surface area contributed by atoms with E-state index in [0.29, 0.717) is 10.6 Å². The second kappa shape index (κ2) is 4.27. The summed E-state index contributed by atoms with van der Waals surface area (Å²) in [6.07, 6.45) is 0. The molecule has 3 nitrogen and oxygen atoms in total. The maximum absolute atomic E-state index is 12.7. The number of hydrogen-bond acceptors (Lipinski definition) is 3. The van der Waals surface area contributed by atoms with E-state index in [2.05, 4.69) is 0 Å². The molecule has 0 fully saturated rings. The van der Waals surface area contributed by atoms with Crippen molar-refractivity contribution >= 4 is 17.8 Å². The van der Waals surface area contributed by atoms with Gasteiger partial charge >= 0.3 is 0 Å². The lowest BCUT2D eigenvalue weighted by Gasteiger charge is -2.13. The van der Waals surface area contributed by atoms with E-state index >= 15 is 0 Å². The number of aromatic hydroxyl groups is 2. The molecule has 0 aromatic heterocycles. The molecule has 0 saturated carbocycles. The van der Waals surface area contributed by atoms with E-state index in [0.717, 1.165) is 0 Å². The standard InChI is InChI=1S/C13H13O3P/c1-17(16,12-6-2-10(14)3-7-12)13-8-4-11(15)5-9-13/h2-9,14-15H,1H3. The van der Waals surface area contributed by atoms with E-state index in [1.165, 1.54) is 24.3 Å². The summed E-state index contributed by atoms with van der Waals surface area (Å²) in [5.74, 6) is 0.305. The zero-order valence-corrected chi connectivity index (χ0v) is 10.3. The van der Waals surface area contributed by atoms with Crippen LogP contribution in [0.15, 0.2) is 48.5 Å². The van der Waals surface area contributed by atoms with Gasteiger partial charge in [0.15, 0.2) is 0 Å². The number of rotatable bonds is 2. The lowest BCUT2D eigenvalue weighted by atomic mass is 10.3. The Morgan fingerprint density at radius 3 is 1.35 bits per heavy atom. The molecule has 17 heavy (non-hydrogen) atoms. The summed E-state index contributed by atoms with van der Waals surface area (Å²) >= 11 is 0. The molecule has 0 aliphatic heterocycles. The number of hydrogen-bond donors (Lipinski definition) is 2. The zero-order valence-electron chi connectivity index (χ0n) is 9.37. The highest BCUT2D eigenvalue weighted by Gasteiger charge is 2.20. The third-order valence-corrected chi connectivity index (χ3v) is 5.25. The predicted octanol–water partition coefficient (Wildman–Crippen LogP) is 2.04. The molecule has 0 saturated heterocycles. The molecule has 2 aromatic carbocycles. The van der Waals surface area contributed by atoms with Crippen molar-refractivity contribution < 1.29 is 14.8 Å². The molecular weight excluding hydrogens is 235 g/mol. The number of phenolic OH excluding ortho intramolecular Hbond substituents is 2. The summed E-state index contributed by atoms with van der Waals surface area (Å²) in [6.45, 7) is 1.67. The third kappa shape index (κ3) is 2.34. The Morgan fingerprint density at radius 2 is 1.06 bits per heavy atom. The lowest BCUT2D eigenvalue weighted by molar-refractivity contribution is 0.475. The summed E-state index contributed by atoms with van der Waals surface area (Å²) in [7, 11) is -2.66. The first kappa shape index (κ1) is 11.7. The van der Waals surface area contributed by atoms with E-state index in [9.17, 15) is 14.8 Å². The molecule has 2 N–H and O–H groups in total. The first-order valence-corrected chi connectivity index (χ1v) is 7.32. The van der Waals surface area contributed by atoms with Crippen molar-refractivity contribution in [1.29, 1.82) is 0 Å². The van der Waals surface area contributed by atoms with Crippen LogP contribution in [-0.4, -0.2) is 16.9 Å². The molecule has 0 heterocycles. The van der Waals surface area contributed by atoms with Crippen LogP contribution in [0.2, 0.25) is 0 Å². The van der Waals surface area contributed by atoms with Crippen molar-refractivity contribution in [2.45, 2.75) is 0 Å². The van der Waals surface area contributed by atoms with Crippen LogP contribution in [0.4, 0.5) is 0 Å². The van der Waals surface area contributed by atoms with Crippen molar-refractivity contribution in [3.05, 3.63) is 48.5 Å². The summed E-state index contributed by atoms with van der Waals surface area (Å²) in [5, 5.41) is 19.8. The molecule has 0 amide bonds. The van der Waals surface area contributed by atoms with Crippen molar-refractivity contribution in [1.82, 2.24) is 0 Å². The summed E-state index contributed by atoms with van der Waals surface area (Å²) in [6, 6.07) is 12.7. The normalized spacial score (nSPS) is 11.4. The molecular formula is C13H13O3P. The van der Waals surface area contributed by atoms with Gasteiger partial charge in [-0.1, -0.05) is 0 Å². The molecule has 88 valence electrons. The van der Waals surface area contributed by atoms with Crippen molar-refractivity contribution in [3.63, 3.8) is 0 Å². The van der Waals surface area contributed by atoms with Gasteiger partial charge in [0.1, 0.15) is 18.6 Å². The lowest BCUT2D eigenvalue weighted by Crippen LogP contribution is -2.14. The molecule has 0 atom stereocenters. The van der Waals surface area contributed by atoms with Gasteiger partial charge < -0.3 is 14.8 Å². The van der Waals surface area contributed by atoms with E-state index < -0.39 is 7.14 Å². The Hall–Kier alpha value is -1.73. The predicted molar refractivity (Wildman–Crippen MR) is 69.0 cm³/mol. The first-order chi connectivity index (χ1) is 8.00. The highest BCUT2D eigenvalue weighted by Crippen LogP contribution is 2.39. The highest BCUT2D eigenvalue weighted by atomic mass is 31.2. The fourth-order valence-electron chi connectivity index (χ4n) is 1.62. The van der Waals surface area contributed by atoms with Gasteiger partial charge in [0.25, 0.3) is 0 Å². The average molecular weight is 248 g/mol. The van der Waals surface area contributed by atoms with E-state index in [-0.39, 0.29) is 11.5 Å². The van der Waals surface area contributed by atoms with Gasteiger partial charge in [-0.15, -0.1) is 0 Å². The van der Waals surface area contributed by atoms with Gasteiger partial charge in [-0.2, -0.15) is 0 Å². The van der Waals surface area contributed by atoms with Crippen LogP contribution in [0.1, 0.15) is 0 Å². The van der Waals surface area contributed by atoms with Gasteiger partial charge in [0.05, 0.1) is 0 Å². The van der Waals surface area contributed by atoms with Crippen molar-refractivity contribution in [2.24, 2.45) is 0 Å². The van der Waals surface area contributed by atoms with Gasteiger partial charge in [0.2, 0.25) is 0 Å². The van der Waals surface area contributed by atoms with E-state index in [1.54, 1.807) is 30.9 Å². The molecule has 0 bridgehead atoms. The largest absolute Gasteiger partial charge is 0.508 e. The monoisotopic (exact) mass is 248 g/mol. The van der Waals surface area contributed by atoms with Crippen LogP contribution >= 0.6 is 7.14 Å². The maximum Gasteiger partial charge on any atom is 0.140 e. The Balaban J connectivity index is 2.45. The minimum absolute atomic E-state index is 0.152. The smallest absolute Gasteiger partial charge is 0.140 e. The van der Waals surface area contributed by atoms with Gasteiger partial charge in [0, 0.05) is 10.6 Å². The van der Waals surface area contributed by atoms with E-state index in [4.69, 9.17) is 0 Å². The molecule has 0 aliphatic carbocycles. The van der Waals surface area contributed by atoms with Crippen LogP contribution in [0, 0.1) is 0 Å². The third-order valence-electron chi connectivity index (χ3n) is 2.68. The molecule has 4 heteroatoms. The van der Waals surface area contributed by atoms with Gasteiger partial charge in [-0.3, -0.25) is 0 Å². The van der Waals surface area contributed by atoms with Crippen LogP contribution in [0.3, 0.4) is 0 Å². The molecule has 0 radical (unpaired) electrons. The van der Waals surface area contributed by atoms with Crippen LogP contribution in [0.25, 0.3) is 0 Å². The molecule has 0 aliphatic rings. The second-order valence-corrected chi connectivity index (χ2v) is 6.84. The molecule has 2 aromatic rings. The van der Waals surface area contributed by atoms with Crippen LogP contribution < -0.4 is 10.6 Å². The SMILES string of the molecule is CP(=O)(c1ccc(O)cc1)c1ccc(O)cc1. The van der Waals surface area contributed by atoms with Gasteiger partial charge in [-0.25, -0.2) is 0 Å². The van der Waals surface area contributed by atoms with Gasteiger partial charge in [-0.05, 0) is 55.2 Å². The quantitative estimate of drug-likeness (QED) is 0.799. The Labute approximate surface area is 99.7 Å². The number of benzene rings is 2. The van der Waals surface area contributed by atoms with E-state index in [1.807, 2.05) is 0 Å². The van der Waals surface area contributed by atoms with Crippen molar-refractivity contribution in [3.8, 4) is 11.5 Å². The molecule has 0 unspecified atom stereocenters. The maximum atomic E-state index is 12.7. The zero-order chi connectivity index (χ0) is 12.5. The van der Waals surface area contributed by atoms with Crippen molar-refractivity contribution in [2.75, 3.05) is 6.66 Å². The molecule has 2 rings (SSSR count). The van der Waals surface area contributed by atoms with Crippen LogP contribution in [0.5, 0.6) is 11.5 Å². The fourth-order valence-corrected chi connectivity index (χ4v) is 3.36. The average Bonchev–Trinajstić information content (AvgIpc) is 2.30. The summed E-state index contributed by atoms with van der Waals surface area (Å²) in [5.41, 5.74) is 0. The van der Waals surface area contributed by atoms with Crippen LogP contribution in [-0.2, 0) is 4.57 Å². The topological polar surface area (TPSA) is 57.5 Å². The Morgan fingerprint density at radius 1 is 0.765 bits per heavy atom. The minimum Gasteiger partial charge on any atom is -0.508 e.